The molecule has 2 aromatic heterocycles. The highest BCUT2D eigenvalue weighted by atomic mass is 32.2. The SMILES string of the molecule is COc1ccc(F)cc1S(=O)(=O)N1CCCC(CCc2noc(-c3ccccn3)n2)C1. The van der Waals surface area contributed by atoms with Gasteiger partial charge in [0, 0.05) is 25.7 Å². The molecule has 0 spiro atoms. The van der Waals surface area contributed by atoms with Crippen molar-refractivity contribution in [2.75, 3.05) is 20.2 Å². The van der Waals surface area contributed by atoms with E-state index in [0.717, 1.165) is 18.9 Å². The number of hydrogen-bond donors (Lipinski definition) is 0. The second-order valence-electron chi connectivity index (χ2n) is 7.44. The third-order valence-corrected chi connectivity index (χ3v) is 7.24. The minimum atomic E-state index is -3.86. The van der Waals surface area contributed by atoms with Crippen molar-refractivity contribution in [1.29, 1.82) is 0 Å². The van der Waals surface area contributed by atoms with E-state index in [2.05, 4.69) is 15.1 Å². The van der Waals surface area contributed by atoms with Crippen LogP contribution in [0.25, 0.3) is 11.6 Å². The van der Waals surface area contributed by atoms with E-state index in [-0.39, 0.29) is 16.6 Å². The lowest BCUT2D eigenvalue weighted by Crippen LogP contribution is -2.40. The number of aromatic nitrogens is 3. The van der Waals surface area contributed by atoms with Gasteiger partial charge in [-0.1, -0.05) is 11.2 Å². The number of halogens is 1. The monoisotopic (exact) mass is 446 g/mol. The summed E-state index contributed by atoms with van der Waals surface area (Å²) in [6, 6.07) is 8.97. The first-order valence-electron chi connectivity index (χ1n) is 10.0. The molecule has 1 atom stereocenters. The molecular weight excluding hydrogens is 423 g/mol. The normalized spacial score (nSPS) is 17.5. The Morgan fingerprint density at radius 2 is 2.16 bits per heavy atom. The number of sulfonamides is 1. The first kappa shape index (κ1) is 21.4. The third kappa shape index (κ3) is 4.75. The molecule has 4 rings (SSSR count). The lowest BCUT2D eigenvalue weighted by atomic mass is 9.94. The van der Waals surface area contributed by atoms with Crippen molar-refractivity contribution in [3.63, 3.8) is 0 Å². The quantitative estimate of drug-likeness (QED) is 0.549. The highest BCUT2D eigenvalue weighted by Gasteiger charge is 2.32. The van der Waals surface area contributed by atoms with E-state index in [1.54, 1.807) is 12.3 Å². The number of rotatable bonds is 7. The largest absolute Gasteiger partial charge is 0.495 e. The Balaban J connectivity index is 1.42. The second-order valence-corrected chi connectivity index (χ2v) is 9.34. The number of pyridine rings is 1. The number of hydrogen-bond acceptors (Lipinski definition) is 7. The molecule has 1 aromatic carbocycles. The first-order valence-corrected chi connectivity index (χ1v) is 11.5. The van der Waals surface area contributed by atoms with Crippen LogP contribution < -0.4 is 4.74 Å². The van der Waals surface area contributed by atoms with Gasteiger partial charge in [0.2, 0.25) is 10.0 Å². The van der Waals surface area contributed by atoms with Crippen molar-refractivity contribution < 1.29 is 22.1 Å². The molecule has 0 N–H and O–H groups in total. The van der Waals surface area contributed by atoms with Crippen molar-refractivity contribution in [2.24, 2.45) is 5.92 Å². The van der Waals surface area contributed by atoms with E-state index in [0.29, 0.717) is 43.3 Å². The van der Waals surface area contributed by atoms with Crippen LogP contribution in [0.4, 0.5) is 4.39 Å². The molecule has 0 bridgehead atoms. The maximum atomic E-state index is 13.7. The van der Waals surface area contributed by atoms with Gasteiger partial charge in [-0.3, -0.25) is 4.98 Å². The topological polar surface area (TPSA) is 98.4 Å². The zero-order valence-corrected chi connectivity index (χ0v) is 17.9. The smallest absolute Gasteiger partial charge is 0.276 e. The molecule has 1 aliphatic heterocycles. The zero-order valence-electron chi connectivity index (χ0n) is 17.1. The average molecular weight is 447 g/mol. The third-order valence-electron chi connectivity index (χ3n) is 5.35. The minimum absolute atomic E-state index is 0.136. The van der Waals surface area contributed by atoms with E-state index < -0.39 is 15.8 Å². The Morgan fingerprint density at radius 3 is 2.94 bits per heavy atom. The Morgan fingerprint density at radius 1 is 1.29 bits per heavy atom. The van der Waals surface area contributed by atoms with E-state index >= 15 is 0 Å². The Labute approximate surface area is 180 Å². The summed E-state index contributed by atoms with van der Waals surface area (Å²) in [5.74, 6) is 0.583. The Hall–Kier alpha value is -2.85. The van der Waals surface area contributed by atoms with Crippen molar-refractivity contribution in [3.8, 4) is 17.3 Å². The standard InChI is InChI=1S/C21H23FN4O4S/c1-29-18-9-8-16(22)13-19(18)31(27,28)26-12-4-5-15(14-26)7-10-20-24-21(30-25-20)17-6-2-3-11-23-17/h2-3,6,8-9,11,13,15H,4-5,7,10,12,14H2,1H3. The summed E-state index contributed by atoms with van der Waals surface area (Å²) in [6.45, 7) is 0.748. The summed E-state index contributed by atoms with van der Waals surface area (Å²) in [7, 11) is -2.49. The minimum Gasteiger partial charge on any atom is -0.495 e. The van der Waals surface area contributed by atoms with Gasteiger partial charge in [0.1, 0.15) is 22.2 Å². The Kier molecular flexibility index (Phi) is 6.28. The summed E-state index contributed by atoms with van der Waals surface area (Å²) >= 11 is 0. The van der Waals surface area contributed by atoms with E-state index in [1.807, 2.05) is 12.1 Å². The summed E-state index contributed by atoms with van der Waals surface area (Å²) < 4.78 is 51.8. The lowest BCUT2D eigenvalue weighted by Gasteiger charge is -2.32. The van der Waals surface area contributed by atoms with Crippen molar-refractivity contribution in [2.45, 2.75) is 30.6 Å². The summed E-state index contributed by atoms with van der Waals surface area (Å²) in [4.78, 5) is 8.43. The van der Waals surface area contributed by atoms with Gasteiger partial charge in [-0.2, -0.15) is 9.29 Å². The summed E-state index contributed by atoms with van der Waals surface area (Å²) in [6.07, 6.45) is 4.57. The predicted molar refractivity (Wildman–Crippen MR) is 110 cm³/mol. The molecule has 10 heteroatoms. The van der Waals surface area contributed by atoms with Crippen LogP contribution in [-0.2, 0) is 16.4 Å². The van der Waals surface area contributed by atoms with E-state index in [1.165, 1.54) is 23.5 Å². The second kappa shape index (κ2) is 9.11. The molecule has 1 saturated heterocycles. The number of nitrogens with zero attached hydrogens (tertiary/aromatic N) is 4. The molecule has 8 nitrogen and oxygen atoms in total. The average Bonchev–Trinajstić information content (AvgIpc) is 3.27. The molecular formula is C21H23FN4O4S. The Bertz CT molecular complexity index is 1140. The van der Waals surface area contributed by atoms with Crippen LogP contribution in [0.1, 0.15) is 25.1 Å². The van der Waals surface area contributed by atoms with Crippen molar-refractivity contribution in [1.82, 2.24) is 19.4 Å². The highest BCUT2D eigenvalue weighted by molar-refractivity contribution is 7.89. The van der Waals surface area contributed by atoms with Gasteiger partial charge in [-0.25, -0.2) is 12.8 Å². The molecule has 0 saturated carbocycles. The van der Waals surface area contributed by atoms with Crippen LogP contribution in [0.3, 0.4) is 0 Å². The van der Waals surface area contributed by atoms with Crippen LogP contribution in [0.15, 0.2) is 52.0 Å². The van der Waals surface area contributed by atoms with Gasteiger partial charge in [-0.15, -0.1) is 0 Å². The van der Waals surface area contributed by atoms with E-state index in [4.69, 9.17) is 9.26 Å². The van der Waals surface area contributed by atoms with Gasteiger partial charge >= 0.3 is 0 Å². The molecule has 1 fully saturated rings. The van der Waals surface area contributed by atoms with Gasteiger partial charge in [0.25, 0.3) is 5.89 Å². The van der Waals surface area contributed by atoms with Gasteiger partial charge in [-0.05, 0) is 55.5 Å². The maximum absolute atomic E-state index is 13.7. The van der Waals surface area contributed by atoms with Gasteiger partial charge < -0.3 is 9.26 Å². The van der Waals surface area contributed by atoms with Crippen molar-refractivity contribution in [3.05, 3.63) is 54.2 Å². The number of ether oxygens (including phenoxy) is 1. The number of piperidine rings is 1. The number of benzene rings is 1. The first-order chi connectivity index (χ1) is 15.0. The molecule has 3 heterocycles. The molecule has 1 unspecified atom stereocenters. The highest BCUT2D eigenvalue weighted by Crippen LogP contribution is 2.31. The van der Waals surface area contributed by atoms with Crippen molar-refractivity contribution >= 4 is 10.0 Å². The van der Waals surface area contributed by atoms with Crippen LogP contribution in [0.2, 0.25) is 0 Å². The molecule has 31 heavy (non-hydrogen) atoms. The fourth-order valence-electron chi connectivity index (χ4n) is 3.75. The lowest BCUT2D eigenvalue weighted by molar-refractivity contribution is 0.254. The molecule has 3 aromatic rings. The van der Waals surface area contributed by atoms with Crippen LogP contribution in [-0.4, -0.2) is 48.0 Å². The zero-order chi connectivity index (χ0) is 21.8. The van der Waals surface area contributed by atoms with Crippen LogP contribution in [0, 0.1) is 11.7 Å². The summed E-state index contributed by atoms with van der Waals surface area (Å²) in [5.41, 5.74) is 0.611. The molecule has 164 valence electrons. The number of methoxy groups -OCH3 is 1. The van der Waals surface area contributed by atoms with Crippen LogP contribution >= 0.6 is 0 Å². The van der Waals surface area contributed by atoms with Gasteiger partial charge in [0.05, 0.1) is 7.11 Å². The van der Waals surface area contributed by atoms with Gasteiger partial charge in [0.15, 0.2) is 5.82 Å². The molecule has 0 radical (unpaired) electrons. The maximum Gasteiger partial charge on any atom is 0.276 e. The molecule has 1 aliphatic rings. The predicted octanol–water partition coefficient (Wildman–Crippen LogP) is 3.31. The van der Waals surface area contributed by atoms with E-state index in [9.17, 15) is 12.8 Å². The fraction of sp³-hybridized carbons (Fsp3) is 0.381. The van der Waals surface area contributed by atoms with Crippen LogP contribution in [0.5, 0.6) is 5.75 Å². The summed E-state index contributed by atoms with van der Waals surface area (Å²) in [5, 5.41) is 4.01. The number of aryl methyl sites for hydroxylation is 1. The molecule has 0 aliphatic carbocycles. The molecule has 0 amide bonds. The fourth-order valence-corrected chi connectivity index (χ4v) is 5.48.